The summed E-state index contributed by atoms with van der Waals surface area (Å²) in [5.41, 5.74) is 2.19. The van der Waals surface area contributed by atoms with Gasteiger partial charge < -0.3 is 30.6 Å². The summed E-state index contributed by atoms with van der Waals surface area (Å²) < 4.78 is 21.6. The first-order valence-electron chi connectivity index (χ1n) is 12.0. The van der Waals surface area contributed by atoms with E-state index in [2.05, 4.69) is 10.7 Å². The quantitative estimate of drug-likeness (QED) is 0.238. The summed E-state index contributed by atoms with van der Waals surface area (Å²) in [6.07, 6.45) is 2.03. The van der Waals surface area contributed by atoms with Gasteiger partial charge in [-0.3, -0.25) is 14.3 Å². The molecule has 1 saturated heterocycles. The number of anilines is 1. The van der Waals surface area contributed by atoms with Gasteiger partial charge in [-0.25, -0.2) is 9.18 Å². The van der Waals surface area contributed by atoms with Crippen molar-refractivity contribution in [1.29, 1.82) is 0 Å². The molecule has 0 radical (unpaired) electrons. The van der Waals surface area contributed by atoms with Gasteiger partial charge in [0.1, 0.15) is 23.4 Å². The number of carbonyl (C=O) groups excluding carboxylic acids is 1. The van der Waals surface area contributed by atoms with E-state index in [0.29, 0.717) is 26.2 Å². The molecule has 37 heavy (non-hydrogen) atoms. The number of carboxylic acid groups (broad SMARTS) is 1. The fourth-order valence-electron chi connectivity index (χ4n) is 4.57. The molecule has 0 amide bonds. The Kier molecular flexibility index (Phi) is 7.92. The molecule has 1 fully saturated rings. The lowest BCUT2D eigenvalue weighted by Crippen LogP contribution is -2.29. The van der Waals surface area contributed by atoms with Crippen LogP contribution in [0.3, 0.4) is 0 Å². The fraction of sp³-hybridized carbons (Fsp3) is 0.346. The van der Waals surface area contributed by atoms with Gasteiger partial charge in [0.15, 0.2) is 11.6 Å². The van der Waals surface area contributed by atoms with Gasteiger partial charge in [-0.1, -0.05) is 30.3 Å². The van der Waals surface area contributed by atoms with E-state index < -0.39 is 28.5 Å². The Bertz CT molecular complexity index is 1360. The van der Waals surface area contributed by atoms with Crippen molar-refractivity contribution in [3.05, 3.63) is 69.8 Å². The number of pyridine rings is 1. The molecule has 0 spiro atoms. The number of ether oxygens (including phenoxy) is 1. The molecule has 1 atom stereocenters. The number of fused-ring (bicyclic) bond motifs is 1. The van der Waals surface area contributed by atoms with Crippen molar-refractivity contribution in [2.75, 3.05) is 43.6 Å². The number of nitrogens with one attached hydrogen (secondary N) is 2. The normalized spacial score (nSPS) is 15.2. The smallest absolute Gasteiger partial charge is 0.341 e. The van der Waals surface area contributed by atoms with E-state index >= 15 is 4.39 Å². The fourth-order valence-corrected chi connectivity index (χ4v) is 4.57. The third kappa shape index (κ3) is 5.67. The number of carboxylic acids is 1. The minimum Gasteiger partial charge on any atom is -0.504 e. The first-order chi connectivity index (χ1) is 17.8. The Balaban J connectivity index is 1.37. The molecule has 1 aromatic heterocycles. The molecule has 11 heteroatoms. The zero-order valence-electron chi connectivity index (χ0n) is 20.4. The van der Waals surface area contributed by atoms with Gasteiger partial charge in [-0.15, -0.1) is 0 Å². The second-order valence-electron chi connectivity index (χ2n) is 8.92. The van der Waals surface area contributed by atoms with Gasteiger partial charge >= 0.3 is 11.9 Å². The summed E-state index contributed by atoms with van der Waals surface area (Å²) >= 11 is 0. The number of phenolic OH excluding ortho intramolecular Hbond substituents is 1. The molecule has 0 aliphatic carbocycles. The highest BCUT2D eigenvalue weighted by atomic mass is 19.1. The Hall–Kier alpha value is -4.12. The minimum atomic E-state index is -1.45. The summed E-state index contributed by atoms with van der Waals surface area (Å²) in [6, 6.07) is 10.4. The molecule has 0 saturated carbocycles. The van der Waals surface area contributed by atoms with Crippen LogP contribution in [0.2, 0.25) is 0 Å². The Morgan fingerprint density at radius 2 is 2.00 bits per heavy atom. The third-order valence-electron chi connectivity index (χ3n) is 6.44. The summed E-state index contributed by atoms with van der Waals surface area (Å²) in [4.78, 5) is 37.7. The topological polar surface area (TPSA) is 133 Å². The van der Waals surface area contributed by atoms with Gasteiger partial charge in [0.05, 0.1) is 11.8 Å². The molecule has 1 unspecified atom stereocenters. The summed E-state index contributed by atoms with van der Waals surface area (Å²) in [7, 11) is 1.49. The Morgan fingerprint density at radius 1 is 1.24 bits per heavy atom. The largest absolute Gasteiger partial charge is 0.504 e. The van der Waals surface area contributed by atoms with Crippen molar-refractivity contribution < 1.29 is 28.9 Å². The third-order valence-corrected chi connectivity index (χ3v) is 6.44. The van der Waals surface area contributed by atoms with Crippen LogP contribution in [-0.4, -0.2) is 60.1 Å². The summed E-state index contributed by atoms with van der Waals surface area (Å²) in [5, 5.41) is 23.3. The minimum absolute atomic E-state index is 0.00416. The maximum atomic E-state index is 15.1. The lowest BCUT2D eigenvalue weighted by atomic mass is 10.1. The van der Waals surface area contributed by atoms with Crippen molar-refractivity contribution in [3.63, 3.8) is 0 Å². The van der Waals surface area contributed by atoms with E-state index in [0.717, 1.165) is 24.2 Å². The molecular weight excluding hydrogens is 483 g/mol. The van der Waals surface area contributed by atoms with Crippen LogP contribution in [0.15, 0.2) is 47.4 Å². The van der Waals surface area contributed by atoms with Gasteiger partial charge in [0, 0.05) is 32.9 Å². The zero-order chi connectivity index (χ0) is 26.5. The number of aromatic carboxylic acids is 1. The van der Waals surface area contributed by atoms with Crippen LogP contribution < -0.4 is 21.1 Å². The van der Waals surface area contributed by atoms with Gasteiger partial charge in [0.25, 0.3) is 0 Å². The van der Waals surface area contributed by atoms with Crippen molar-refractivity contribution in [2.24, 2.45) is 5.92 Å². The number of halogens is 1. The molecule has 4 rings (SSSR count). The number of hydrogen-bond donors (Lipinski definition) is 4. The average molecular weight is 513 g/mol. The monoisotopic (exact) mass is 512 g/mol. The van der Waals surface area contributed by atoms with E-state index in [4.69, 9.17) is 4.74 Å². The van der Waals surface area contributed by atoms with Crippen molar-refractivity contribution in [3.8, 4) is 5.75 Å². The highest BCUT2D eigenvalue weighted by Gasteiger charge is 2.29. The first-order valence-corrected chi connectivity index (χ1v) is 12.0. The predicted octanol–water partition coefficient (Wildman–Crippen LogP) is 2.27. The number of benzene rings is 2. The van der Waals surface area contributed by atoms with E-state index in [-0.39, 0.29) is 41.5 Å². The lowest BCUT2D eigenvalue weighted by molar-refractivity contribution is -0.144. The standard InChI is InChI=1S/C26H29FN4O6/c1-28-31-14-19(26(35)36)24(33)18-11-20(27)23(25(34)22(18)31)30-10-8-17(13-30)12-29-9-7-21(32)37-15-16-5-3-2-4-6-16/h2-6,11,14,17,28-29,34H,7-10,12-13,15H2,1H3,(H,35,36). The summed E-state index contributed by atoms with van der Waals surface area (Å²) in [6.45, 7) is 2.22. The number of hydrogen-bond acceptors (Lipinski definition) is 8. The van der Waals surface area contributed by atoms with E-state index in [1.54, 1.807) is 4.90 Å². The van der Waals surface area contributed by atoms with Crippen molar-refractivity contribution in [2.45, 2.75) is 19.4 Å². The van der Waals surface area contributed by atoms with E-state index in [9.17, 15) is 24.6 Å². The number of rotatable bonds is 10. The van der Waals surface area contributed by atoms with Crippen LogP contribution in [0, 0.1) is 11.7 Å². The highest BCUT2D eigenvalue weighted by molar-refractivity contribution is 5.96. The first kappa shape index (κ1) is 26.0. The predicted molar refractivity (Wildman–Crippen MR) is 136 cm³/mol. The van der Waals surface area contributed by atoms with E-state index in [1.165, 1.54) is 11.7 Å². The number of phenols is 1. The molecule has 1 aliphatic heterocycles. The number of carbonyl (C=O) groups is 2. The molecule has 3 aromatic rings. The zero-order valence-corrected chi connectivity index (χ0v) is 20.4. The number of esters is 1. The van der Waals surface area contributed by atoms with Crippen LogP contribution in [0.5, 0.6) is 5.75 Å². The Morgan fingerprint density at radius 3 is 2.70 bits per heavy atom. The van der Waals surface area contributed by atoms with Crippen molar-refractivity contribution >= 4 is 28.5 Å². The highest BCUT2D eigenvalue weighted by Crippen LogP contribution is 2.39. The van der Waals surface area contributed by atoms with Crippen LogP contribution >= 0.6 is 0 Å². The molecule has 4 N–H and O–H groups in total. The number of aromatic nitrogens is 1. The van der Waals surface area contributed by atoms with Crippen LogP contribution in [-0.2, 0) is 16.1 Å². The van der Waals surface area contributed by atoms with Crippen LogP contribution in [0.25, 0.3) is 10.9 Å². The SMILES string of the molecule is CNn1cc(C(=O)O)c(=O)c2cc(F)c(N3CCC(CNCCC(=O)OCc4ccccc4)C3)c(O)c21. The maximum absolute atomic E-state index is 15.1. The Labute approximate surface area is 212 Å². The maximum Gasteiger partial charge on any atom is 0.341 e. The van der Waals surface area contributed by atoms with Gasteiger partial charge in [0.2, 0.25) is 5.43 Å². The number of aromatic hydroxyl groups is 1. The lowest BCUT2D eigenvalue weighted by Gasteiger charge is -2.23. The molecule has 2 heterocycles. The number of nitrogens with zero attached hydrogens (tertiary/aromatic N) is 2. The second kappa shape index (κ2) is 11.3. The molecule has 2 aromatic carbocycles. The summed E-state index contributed by atoms with van der Waals surface area (Å²) in [5.74, 6) is -2.83. The van der Waals surface area contributed by atoms with Crippen molar-refractivity contribution in [1.82, 2.24) is 9.99 Å². The molecule has 10 nitrogen and oxygen atoms in total. The van der Waals surface area contributed by atoms with Gasteiger partial charge in [-0.05, 0) is 30.5 Å². The molecule has 1 aliphatic rings. The molecule has 196 valence electrons. The van der Waals surface area contributed by atoms with Crippen LogP contribution in [0.1, 0.15) is 28.8 Å². The van der Waals surface area contributed by atoms with E-state index in [1.807, 2.05) is 30.3 Å². The van der Waals surface area contributed by atoms with Gasteiger partial charge in [-0.2, -0.15) is 0 Å². The molecule has 0 bridgehead atoms. The van der Waals surface area contributed by atoms with Crippen LogP contribution in [0.4, 0.5) is 10.1 Å². The average Bonchev–Trinajstić information content (AvgIpc) is 3.34. The second-order valence-corrected chi connectivity index (χ2v) is 8.92. The molecular formula is C26H29FN4O6.